The van der Waals surface area contributed by atoms with Crippen LogP contribution in [-0.2, 0) is 9.47 Å². The van der Waals surface area contributed by atoms with Crippen LogP contribution in [0.5, 0.6) is 28.7 Å². The molecule has 0 amide bonds. The lowest BCUT2D eigenvalue weighted by Gasteiger charge is -2.34. The normalized spacial score (nSPS) is 30.1. The average Bonchev–Trinajstić information content (AvgIpc) is 2.99. The number of fused-ring (bicyclic) bond motifs is 1. The second-order valence-corrected chi connectivity index (χ2v) is 7.25. The highest BCUT2D eigenvalue weighted by Gasteiger charge is 2.49. The second-order valence-electron chi connectivity index (χ2n) is 7.25. The minimum Gasteiger partial charge on any atom is -0.508 e. The van der Waals surface area contributed by atoms with Gasteiger partial charge in [0.05, 0.1) is 6.61 Å². The molecule has 31 heavy (non-hydrogen) atoms. The molecular formula is C20H20O11. The number of carbonyl (C=O) groups is 1. The SMILES string of the molecule is O=C1c2c(O)cc(O)cc2OC(c2ccc(O)c(O)c2)C1OC1OC(CO)C(O)C1O. The summed E-state index contributed by atoms with van der Waals surface area (Å²) < 4.78 is 16.7. The molecule has 0 aromatic heterocycles. The van der Waals surface area contributed by atoms with Gasteiger partial charge in [0.25, 0.3) is 0 Å². The van der Waals surface area contributed by atoms with Crippen LogP contribution in [-0.4, -0.2) is 78.8 Å². The van der Waals surface area contributed by atoms with Crippen LogP contribution in [0.2, 0.25) is 0 Å². The molecule has 1 saturated heterocycles. The Labute approximate surface area is 174 Å². The fraction of sp³-hybridized carbons (Fsp3) is 0.350. The fourth-order valence-electron chi connectivity index (χ4n) is 3.62. The van der Waals surface area contributed by atoms with E-state index in [1.54, 1.807) is 0 Å². The largest absolute Gasteiger partial charge is 0.508 e. The number of aliphatic hydroxyl groups is 3. The molecule has 11 heteroatoms. The molecule has 0 radical (unpaired) electrons. The van der Waals surface area contributed by atoms with Crippen molar-refractivity contribution in [1.82, 2.24) is 0 Å². The molecule has 0 spiro atoms. The maximum atomic E-state index is 13.2. The molecule has 2 aromatic carbocycles. The first-order valence-corrected chi connectivity index (χ1v) is 9.28. The molecule has 6 atom stereocenters. The second kappa shape index (κ2) is 7.87. The number of ketones is 1. The minimum absolute atomic E-state index is 0.152. The summed E-state index contributed by atoms with van der Waals surface area (Å²) in [5, 5.41) is 68.7. The average molecular weight is 436 g/mol. The molecule has 0 aliphatic carbocycles. The molecule has 0 bridgehead atoms. The minimum atomic E-state index is -1.59. The monoisotopic (exact) mass is 436 g/mol. The number of phenolic OH excluding ortho intramolecular Hbond substituents is 4. The number of aliphatic hydroxyl groups excluding tert-OH is 3. The molecule has 0 saturated carbocycles. The summed E-state index contributed by atoms with van der Waals surface area (Å²) in [4.78, 5) is 13.2. The Morgan fingerprint density at radius 3 is 2.32 bits per heavy atom. The maximum absolute atomic E-state index is 13.2. The first kappa shape index (κ1) is 21.2. The first-order chi connectivity index (χ1) is 14.7. The van der Waals surface area contributed by atoms with E-state index in [1.165, 1.54) is 6.07 Å². The molecular weight excluding hydrogens is 416 g/mol. The number of Topliss-reactive ketones (excluding diaryl/α,β-unsaturated/α-hetero) is 1. The van der Waals surface area contributed by atoms with Gasteiger partial charge < -0.3 is 50.0 Å². The Bertz CT molecular complexity index is 1010. The Balaban J connectivity index is 1.75. The molecule has 2 aromatic rings. The number of carbonyl (C=O) groups excluding carboxylic acids is 1. The Morgan fingerprint density at radius 1 is 0.935 bits per heavy atom. The van der Waals surface area contributed by atoms with Crippen molar-refractivity contribution in [3.63, 3.8) is 0 Å². The van der Waals surface area contributed by atoms with Gasteiger partial charge in [-0.15, -0.1) is 0 Å². The highest BCUT2D eigenvalue weighted by Crippen LogP contribution is 2.44. The van der Waals surface area contributed by atoms with E-state index in [2.05, 4.69) is 0 Å². The van der Waals surface area contributed by atoms with Gasteiger partial charge in [0.2, 0.25) is 5.78 Å². The summed E-state index contributed by atoms with van der Waals surface area (Å²) in [6, 6.07) is 5.71. The molecule has 7 N–H and O–H groups in total. The van der Waals surface area contributed by atoms with Gasteiger partial charge in [-0.3, -0.25) is 4.79 Å². The van der Waals surface area contributed by atoms with Crippen molar-refractivity contribution in [2.45, 2.75) is 36.8 Å². The van der Waals surface area contributed by atoms with Crippen molar-refractivity contribution < 1.29 is 54.8 Å². The van der Waals surface area contributed by atoms with E-state index >= 15 is 0 Å². The summed E-state index contributed by atoms with van der Waals surface area (Å²) in [7, 11) is 0. The van der Waals surface area contributed by atoms with Crippen molar-refractivity contribution in [1.29, 1.82) is 0 Å². The van der Waals surface area contributed by atoms with Crippen LogP contribution in [0.15, 0.2) is 30.3 Å². The summed E-state index contributed by atoms with van der Waals surface area (Å²) >= 11 is 0. The molecule has 2 heterocycles. The lowest BCUT2D eigenvalue weighted by molar-refractivity contribution is -0.199. The predicted octanol–water partition coefficient (Wildman–Crippen LogP) is -0.350. The molecule has 11 nitrogen and oxygen atoms in total. The van der Waals surface area contributed by atoms with Gasteiger partial charge in [0, 0.05) is 12.1 Å². The van der Waals surface area contributed by atoms with Crippen molar-refractivity contribution >= 4 is 5.78 Å². The van der Waals surface area contributed by atoms with Gasteiger partial charge in [-0.05, 0) is 17.7 Å². The quantitative estimate of drug-likeness (QED) is 0.311. The third-order valence-electron chi connectivity index (χ3n) is 5.21. The summed E-state index contributed by atoms with van der Waals surface area (Å²) in [6.07, 6.45) is -8.51. The van der Waals surface area contributed by atoms with E-state index < -0.39 is 66.4 Å². The van der Waals surface area contributed by atoms with E-state index in [0.717, 1.165) is 24.3 Å². The smallest absolute Gasteiger partial charge is 0.203 e. The van der Waals surface area contributed by atoms with Gasteiger partial charge in [0.15, 0.2) is 30.0 Å². The molecule has 4 rings (SSSR count). The Morgan fingerprint density at radius 2 is 1.68 bits per heavy atom. The first-order valence-electron chi connectivity index (χ1n) is 9.28. The lowest BCUT2D eigenvalue weighted by Crippen LogP contribution is -2.44. The van der Waals surface area contributed by atoms with Gasteiger partial charge >= 0.3 is 0 Å². The third-order valence-corrected chi connectivity index (χ3v) is 5.21. The lowest BCUT2D eigenvalue weighted by atomic mass is 9.92. The van der Waals surface area contributed by atoms with E-state index in [1.807, 2.05) is 0 Å². The summed E-state index contributed by atoms with van der Waals surface area (Å²) in [6.45, 7) is -0.606. The Hall–Kier alpha value is -3.09. The van der Waals surface area contributed by atoms with Crippen LogP contribution in [0.1, 0.15) is 22.0 Å². The highest BCUT2D eigenvalue weighted by molar-refractivity contribution is 6.05. The summed E-state index contributed by atoms with van der Waals surface area (Å²) in [5.41, 5.74) is -0.0948. The fourth-order valence-corrected chi connectivity index (χ4v) is 3.62. The van der Waals surface area contributed by atoms with Gasteiger partial charge in [-0.1, -0.05) is 6.07 Å². The predicted molar refractivity (Wildman–Crippen MR) is 99.9 cm³/mol. The summed E-state index contributed by atoms with van der Waals surface area (Å²) in [5.74, 6) is -2.77. The van der Waals surface area contributed by atoms with Crippen molar-refractivity contribution in [2.24, 2.45) is 0 Å². The topological polar surface area (TPSA) is 186 Å². The number of phenols is 4. The van der Waals surface area contributed by atoms with E-state index in [9.17, 15) is 40.5 Å². The van der Waals surface area contributed by atoms with Crippen LogP contribution in [0.3, 0.4) is 0 Å². The zero-order chi connectivity index (χ0) is 22.4. The van der Waals surface area contributed by atoms with E-state index in [-0.39, 0.29) is 22.6 Å². The van der Waals surface area contributed by atoms with Crippen LogP contribution in [0.4, 0.5) is 0 Å². The van der Waals surface area contributed by atoms with Crippen LogP contribution >= 0.6 is 0 Å². The number of aromatic hydroxyl groups is 4. The Kier molecular flexibility index (Phi) is 5.37. The number of benzene rings is 2. The zero-order valence-electron chi connectivity index (χ0n) is 15.8. The molecule has 166 valence electrons. The van der Waals surface area contributed by atoms with Crippen LogP contribution < -0.4 is 4.74 Å². The van der Waals surface area contributed by atoms with Crippen molar-refractivity contribution in [3.05, 3.63) is 41.5 Å². The number of hydrogen-bond acceptors (Lipinski definition) is 11. The van der Waals surface area contributed by atoms with E-state index in [4.69, 9.17) is 14.2 Å². The third kappa shape index (κ3) is 3.62. The van der Waals surface area contributed by atoms with Crippen LogP contribution in [0.25, 0.3) is 0 Å². The number of ether oxygens (including phenoxy) is 3. The standard InChI is InChI=1S/C20H20O11/c21-6-13-15(26)17(28)20(30-13)31-19-16(27)14-11(25)4-8(22)5-12(14)29-18(19)7-1-2-9(23)10(24)3-7/h1-5,13,15,17-26,28H,6H2. The van der Waals surface area contributed by atoms with Gasteiger partial charge in [0.1, 0.15) is 41.1 Å². The molecule has 1 fully saturated rings. The van der Waals surface area contributed by atoms with Crippen LogP contribution in [0, 0.1) is 0 Å². The van der Waals surface area contributed by atoms with E-state index in [0.29, 0.717) is 0 Å². The van der Waals surface area contributed by atoms with Gasteiger partial charge in [-0.25, -0.2) is 0 Å². The molecule has 2 aliphatic rings. The molecule has 6 unspecified atom stereocenters. The number of rotatable bonds is 4. The van der Waals surface area contributed by atoms with Crippen molar-refractivity contribution in [3.8, 4) is 28.7 Å². The molecule has 2 aliphatic heterocycles. The maximum Gasteiger partial charge on any atom is 0.203 e. The highest BCUT2D eigenvalue weighted by atomic mass is 16.7. The van der Waals surface area contributed by atoms with Crippen molar-refractivity contribution in [2.75, 3.05) is 6.61 Å². The van der Waals surface area contributed by atoms with Gasteiger partial charge in [-0.2, -0.15) is 0 Å². The number of hydrogen-bond donors (Lipinski definition) is 7. The zero-order valence-corrected chi connectivity index (χ0v) is 15.8.